The Hall–Kier alpha value is -2.39. The highest BCUT2D eigenvalue weighted by Gasteiger charge is 2.31. The lowest BCUT2D eigenvalue weighted by molar-refractivity contribution is 0.349. The van der Waals surface area contributed by atoms with E-state index in [9.17, 15) is 8.42 Å². The van der Waals surface area contributed by atoms with E-state index < -0.39 is 10.0 Å². The number of ether oxygens (including phenoxy) is 2. The number of aromatic nitrogens is 2. The normalized spacial score (nSPS) is 15.5. The first-order chi connectivity index (χ1) is 13.3. The Balaban J connectivity index is 1.81. The van der Waals surface area contributed by atoms with Crippen LogP contribution in [0.15, 0.2) is 23.1 Å². The predicted molar refractivity (Wildman–Crippen MR) is 107 cm³/mol. The third-order valence-corrected chi connectivity index (χ3v) is 7.03. The third kappa shape index (κ3) is 3.90. The highest BCUT2D eigenvalue weighted by atomic mass is 32.2. The minimum absolute atomic E-state index is 0.218. The van der Waals surface area contributed by atoms with Crippen molar-refractivity contribution in [1.29, 1.82) is 0 Å². The minimum Gasteiger partial charge on any atom is -0.481 e. The number of nitrogens with zero attached hydrogens (tertiary/aromatic N) is 4. The topological polar surface area (TPSA) is 84.9 Å². The third-order valence-electron chi connectivity index (χ3n) is 4.83. The van der Waals surface area contributed by atoms with Gasteiger partial charge >= 0.3 is 6.01 Å². The SMILES string of the molecule is COc1cc(N2CCN(S(=O)(=O)c3c(C)cc(C)cc3C)CC2)nc(OC)n1. The standard InChI is InChI=1S/C19H26N4O4S/c1-13-10-14(2)18(15(3)11-13)28(24,25)23-8-6-22(7-9-23)16-12-17(26-4)21-19(20-16)27-5/h10-12H,6-9H2,1-5H3. The van der Waals surface area contributed by atoms with Crippen LogP contribution in [0.2, 0.25) is 0 Å². The van der Waals surface area contributed by atoms with E-state index in [1.54, 1.807) is 10.4 Å². The molecule has 1 aliphatic heterocycles. The molecule has 152 valence electrons. The molecular weight excluding hydrogens is 380 g/mol. The molecular formula is C19H26N4O4S. The number of aryl methyl sites for hydroxylation is 3. The van der Waals surface area contributed by atoms with Gasteiger partial charge in [0.25, 0.3) is 0 Å². The van der Waals surface area contributed by atoms with Crippen molar-refractivity contribution in [2.24, 2.45) is 0 Å². The lowest BCUT2D eigenvalue weighted by Gasteiger charge is -2.35. The number of sulfonamides is 1. The molecule has 8 nitrogen and oxygen atoms in total. The summed E-state index contributed by atoms with van der Waals surface area (Å²) >= 11 is 0. The second-order valence-corrected chi connectivity index (χ2v) is 8.75. The summed E-state index contributed by atoms with van der Waals surface area (Å²) in [5.41, 5.74) is 2.63. The van der Waals surface area contributed by atoms with Crippen LogP contribution in [0, 0.1) is 20.8 Å². The summed E-state index contributed by atoms with van der Waals surface area (Å²) in [6, 6.07) is 5.77. The molecule has 0 saturated carbocycles. The van der Waals surface area contributed by atoms with Gasteiger partial charge in [0.05, 0.1) is 19.1 Å². The summed E-state index contributed by atoms with van der Waals surface area (Å²) in [6.07, 6.45) is 0. The van der Waals surface area contributed by atoms with Crippen molar-refractivity contribution in [3.8, 4) is 11.9 Å². The van der Waals surface area contributed by atoms with Crippen LogP contribution in [0.1, 0.15) is 16.7 Å². The first-order valence-corrected chi connectivity index (χ1v) is 10.5. The number of hydrogen-bond acceptors (Lipinski definition) is 7. The van der Waals surface area contributed by atoms with E-state index in [1.807, 2.05) is 37.8 Å². The molecule has 2 heterocycles. The Kier molecular flexibility index (Phi) is 5.76. The smallest absolute Gasteiger partial charge is 0.321 e. The van der Waals surface area contributed by atoms with E-state index in [2.05, 4.69) is 9.97 Å². The Morgan fingerprint density at radius 2 is 1.50 bits per heavy atom. The molecule has 0 spiro atoms. The average molecular weight is 407 g/mol. The van der Waals surface area contributed by atoms with Crippen molar-refractivity contribution < 1.29 is 17.9 Å². The van der Waals surface area contributed by atoms with Gasteiger partial charge in [0.1, 0.15) is 5.82 Å². The van der Waals surface area contributed by atoms with Crippen LogP contribution in [0.25, 0.3) is 0 Å². The van der Waals surface area contributed by atoms with Gasteiger partial charge in [-0.1, -0.05) is 17.7 Å². The number of methoxy groups -OCH3 is 2. The van der Waals surface area contributed by atoms with Crippen LogP contribution < -0.4 is 14.4 Å². The number of rotatable bonds is 5. The summed E-state index contributed by atoms with van der Waals surface area (Å²) in [6.45, 7) is 7.47. The van der Waals surface area contributed by atoms with Gasteiger partial charge in [0, 0.05) is 32.2 Å². The van der Waals surface area contributed by atoms with E-state index >= 15 is 0 Å². The predicted octanol–water partition coefficient (Wildman–Crippen LogP) is 1.93. The summed E-state index contributed by atoms with van der Waals surface area (Å²) in [7, 11) is -0.521. The number of hydrogen-bond donors (Lipinski definition) is 0. The second kappa shape index (κ2) is 7.92. The van der Waals surface area contributed by atoms with E-state index in [4.69, 9.17) is 9.47 Å². The molecule has 1 saturated heterocycles. The van der Waals surface area contributed by atoms with Gasteiger partial charge in [-0.15, -0.1) is 0 Å². The Labute approximate surface area is 166 Å². The first-order valence-electron chi connectivity index (χ1n) is 9.06. The molecule has 0 bridgehead atoms. The summed E-state index contributed by atoms with van der Waals surface area (Å²) in [5.74, 6) is 1.06. The van der Waals surface area contributed by atoms with Crippen molar-refractivity contribution in [2.45, 2.75) is 25.7 Å². The molecule has 1 fully saturated rings. The van der Waals surface area contributed by atoms with Crippen molar-refractivity contribution in [1.82, 2.24) is 14.3 Å². The maximum Gasteiger partial charge on any atom is 0.321 e. The maximum absolute atomic E-state index is 13.2. The Bertz CT molecular complexity index is 925. The van der Waals surface area contributed by atoms with Crippen LogP contribution >= 0.6 is 0 Å². The van der Waals surface area contributed by atoms with Gasteiger partial charge in [-0.2, -0.15) is 14.3 Å². The minimum atomic E-state index is -3.55. The van der Waals surface area contributed by atoms with Crippen LogP contribution in [-0.2, 0) is 10.0 Å². The quantitative estimate of drug-likeness (QED) is 0.750. The van der Waals surface area contributed by atoms with Crippen LogP contribution in [0.4, 0.5) is 5.82 Å². The Morgan fingerprint density at radius 3 is 2.04 bits per heavy atom. The highest BCUT2D eigenvalue weighted by Crippen LogP contribution is 2.27. The van der Waals surface area contributed by atoms with Crippen LogP contribution in [-0.4, -0.2) is 63.1 Å². The zero-order chi connectivity index (χ0) is 20.5. The van der Waals surface area contributed by atoms with Crippen LogP contribution in [0.3, 0.4) is 0 Å². The molecule has 2 aromatic rings. The molecule has 0 atom stereocenters. The fourth-order valence-corrected chi connectivity index (χ4v) is 5.44. The van der Waals surface area contributed by atoms with E-state index in [0.29, 0.717) is 42.8 Å². The van der Waals surface area contributed by atoms with Gasteiger partial charge < -0.3 is 14.4 Å². The van der Waals surface area contributed by atoms with Gasteiger partial charge in [-0.3, -0.25) is 0 Å². The number of anilines is 1. The van der Waals surface area contributed by atoms with Crippen LogP contribution in [0.5, 0.6) is 11.9 Å². The van der Waals surface area contributed by atoms with Crippen molar-refractivity contribution >= 4 is 15.8 Å². The van der Waals surface area contributed by atoms with Gasteiger partial charge in [0.2, 0.25) is 15.9 Å². The zero-order valence-corrected chi connectivity index (χ0v) is 17.7. The average Bonchev–Trinajstić information content (AvgIpc) is 2.66. The molecule has 0 radical (unpaired) electrons. The fourth-order valence-electron chi connectivity index (χ4n) is 3.61. The summed E-state index contributed by atoms with van der Waals surface area (Å²) in [4.78, 5) is 10.9. The van der Waals surface area contributed by atoms with Crippen molar-refractivity contribution in [3.05, 3.63) is 34.9 Å². The highest BCUT2D eigenvalue weighted by molar-refractivity contribution is 7.89. The molecule has 9 heteroatoms. The van der Waals surface area contributed by atoms with Gasteiger partial charge in [0.15, 0.2) is 0 Å². The van der Waals surface area contributed by atoms with Crippen molar-refractivity contribution in [3.63, 3.8) is 0 Å². The summed E-state index contributed by atoms with van der Waals surface area (Å²) in [5, 5.41) is 0. The molecule has 1 aliphatic rings. The Morgan fingerprint density at radius 1 is 0.893 bits per heavy atom. The second-order valence-electron chi connectivity index (χ2n) is 6.87. The van der Waals surface area contributed by atoms with E-state index in [1.165, 1.54) is 14.2 Å². The number of benzene rings is 1. The summed E-state index contributed by atoms with van der Waals surface area (Å²) < 4.78 is 38.3. The maximum atomic E-state index is 13.2. The first kappa shape index (κ1) is 20.3. The monoisotopic (exact) mass is 406 g/mol. The molecule has 3 rings (SSSR count). The molecule has 1 aromatic heterocycles. The van der Waals surface area contributed by atoms with Gasteiger partial charge in [-0.25, -0.2) is 8.42 Å². The lowest BCUT2D eigenvalue weighted by Crippen LogP contribution is -2.49. The number of piperazine rings is 1. The molecule has 0 aliphatic carbocycles. The fraction of sp³-hybridized carbons (Fsp3) is 0.474. The lowest BCUT2D eigenvalue weighted by atomic mass is 10.1. The molecule has 0 N–H and O–H groups in total. The zero-order valence-electron chi connectivity index (χ0n) is 16.9. The largest absolute Gasteiger partial charge is 0.481 e. The van der Waals surface area contributed by atoms with E-state index in [0.717, 1.165) is 16.7 Å². The van der Waals surface area contributed by atoms with Crippen molar-refractivity contribution in [2.75, 3.05) is 45.3 Å². The molecule has 0 amide bonds. The van der Waals surface area contributed by atoms with Gasteiger partial charge in [-0.05, 0) is 31.9 Å². The molecule has 0 unspecified atom stereocenters. The molecule has 28 heavy (non-hydrogen) atoms. The molecule has 1 aromatic carbocycles. The van der Waals surface area contributed by atoms with E-state index in [-0.39, 0.29) is 6.01 Å².